The van der Waals surface area contributed by atoms with Crippen LogP contribution in [0, 0.1) is 0 Å². The molecule has 64 valence electrons. The van der Waals surface area contributed by atoms with Gasteiger partial charge >= 0.3 is 11.9 Å². The number of carbonyl (C=O) groups is 2. The molecule has 1 atom stereocenters. The van der Waals surface area contributed by atoms with Crippen molar-refractivity contribution in [3.05, 3.63) is 0 Å². The first-order valence-electron chi connectivity index (χ1n) is 2.77. The molecule has 0 radical (unpaired) electrons. The van der Waals surface area contributed by atoms with Crippen molar-refractivity contribution in [1.82, 2.24) is 0 Å². The monoisotopic (exact) mass is 163 g/mol. The van der Waals surface area contributed by atoms with Crippen LogP contribution in [0.25, 0.3) is 0 Å². The molecule has 0 aromatic carbocycles. The topological polar surface area (TPSA) is 121 Å². The van der Waals surface area contributed by atoms with E-state index in [1.165, 1.54) is 0 Å². The van der Waals surface area contributed by atoms with Gasteiger partial charge in [0.25, 0.3) is 0 Å². The van der Waals surface area contributed by atoms with Crippen molar-refractivity contribution in [2.24, 2.45) is 5.73 Å². The van der Waals surface area contributed by atoms with Crippen LogP contribution in [0.3, 0.4) is 0 Å². The van der Waals surface area contributed by atoms with Gasteiger partial charge in [0.15, 0.2) is 0 Å². The molecule has 0 unspecified atom stereocenters. The Morgan fingerprint density at radius 2 is 1.82 bits per heavy atom. The van der Waals surface area contributed by atoms with E-state index < -0.39 is 30.5 Å². The van der Waals surface area contributed by atoms with Crippen LogP contribution in [-0.4, -0.2) is 39.4 Å². The van der Waals surface area contributed by atoms with Crippen LogP contribution in [0.15, 0.2) is 0 Å². The summed E-state index contributed by atoms with van der Waals surface area (Å²) in [6, 6.07) is 0. The van der Waals surface area contributed by atoms with E-state index in [0.717, 1.165) is 0 Å². The molecule has 0 aliphatic carbocycles. The lowest BCUT2D eigenvalue weighted by Gasteiger charge is -2.18. The average Bonchev–Trinajstić information content (AvgIpc) is 1.86. The predicted molar refractivity (Wildman–Crippen MR) is 33.9 cm³/mol. The minimum Gasteiger partial charge on any atom is -0.481 e. The quantitative estimate of drug-likeness (QED) is 0.389. The van der Waals surface area contributed by atoms with E-state index in [0.29, 0.717) is 0 Å². The highest BCUT2D eigenvalue weighted by Crippen LogP contribution is 2.05. The van der Waals surface area contributed by atoms with Gasteiger partial charge < -0.3 is 21.1 Å². The lowest BCUT2D eigenvalue weighted by molar-refractivity contribution is -0.151. The van der Waals surface area contributed by atoms with E-state index in [9.17, 15) is 9.59 Å². The highest BCUT2D eigenvalue weighted by Gasteiger charge is 2.35. The second kappa shape index (κ2) is 3.31. The number of carboxylic acids is 2. The molecule has 0 aromatic heterocycles. The highest BCUT2D eigenvalue weighted by atomic mass is 16.4. The Hall–Kier alpha value is -1.14. The number of hydrogen-bond acceptors (Lipinski definition) is 4. The first kappa shape index (κ1) is 9.86. The summed E-state index contributed by atoms with van der Waals surface area (Å²) in [6.45, 7) is -0.894. The number of aliphatic carboxylic acids is 2. The maximum Gasteiger partial charge on any atom is 0.326 e. The molecule has 0 saturated heterocycles. The van der Waals surface area contributed by atoms with Crippen LogP contribution < -0.4 is 5.73 Å². The van der Waals surface area contributed by atoms with Crippen molar-refractivity contribution in [3.63, 3.8) is 0 Å². The molecule has 5 N–H and O–H groups in total. The molecule has 0 rings (SSSR count). The number of hydrogen-bond donors (Lipinski definition) is 4. The summed E-state index contributed by atoms with van der Waals surface area (Å²) in [5.41, 5.74) is 2.95. The van der Waals surface area contributed by atoms with Gasteiger partial charge in [-0.05, 0) is 0 Å². The Kier molecular flexibility index (Phi) is 2.97. The summed E-state index contributed by atoms with van der Waals surface area (Å²) >= 11 is 0. The summed E-state index contributed by atoms with van der Waals surface area (Å²) < 4.78 is 0. The van der Waals surface area contributed by atoms with E-state index in [1.54, 1.807) is 0 Å². The van der Waals surface area contributed by atoms with E-state index >= 15 is 0 Å². The zero-order valence-corrected chi connectivity index (χ0v) is 5.65. The molecule has 0 aromatic rings. The average molecular weight is 163 g/mol. The summed E-state index contributed by atoms with van der Waals surface area (Å²) in [4.78, 5) is 20.3. The minimum absolute atomic E-state index is 0.793. The molecule has 6 nitrogen and oxygen atoms in total. The predicted octanol–water partition coefficient (Wildman–Crippen LogP) is -1.76. The first-order chi connectivity index (χ1) is 4.92. The second-order valence-corrected chi connectivity index (χ2v) is 2.19. The van der Waals surface area contributed by atoms with Crippen LogP contribution in [0.2, 0.25) is 0 Å². The van der Waals surface area contributed by atoms with Gasteiger partial charge in [-0.1, -0.05) is 0 Å². The Morgan fingerprint density at radius 3 is 1.91 bits per heavy atom. The van der Waals surface area contributed by atoms with Crippen molar-refractivity contribution in [1.29, 1.82) is 0 Å². The molecule has 0 bridgehead atoms. The molecular weight excluding hydrogens is 154 g/mol. The lowest BCUT2D eigenvalue weighted by atomic mass is 9.98. The lowest BCUT2D eigenvalue weighted by Crippen LogP contribution is -2.52. The third kappa shape index (κ3) is 2.52. The fourth-order valence-electron chi connectivity index (χ4n) is 0.469. The van der Waals surface area contributed by atoms with Crippen molar-refractivity contribution in [2.45, 2.75) is 12.0 Å². The molecule has 0 fully saturated rings. The molecule has 0 aliphatic heterocycles. The molecule has 0 saturated carbocycles. The minimum atomic E-state index is -2.06. The number of rotatable bonds is 4. The first-order valence-corrected chi connectivity index (χ1v) is 2.77. The summed E-state index contributed by atoms with van der Waals surface area (Å²) in [5, 5.41) is 24.9. The van der Waals surface area contributed by atoms with Gasteiger partial charge in [-0.2, -0.15) is 0 Å². The standard InChI is InChI=1S/C5H9NO5/c6-5(2-7,4(10)11)1-3(8)9/h7H,1-2,6H2,(H,8,9)(H,10,11)/t5-/m0/s1. The van der Waals surface area contributed by atoms with Crippen LogP contribution in [0.5, 0.6) is 0 Å². The van der Waals surface area contributed by atoms with Gasteiger partial charge in [0.05, 0.1) is 13.0 Å². The van der Waals surface area contributed by atoms with Crippen molar-refractivity contribution < 1.29 is 24.9 Å². The SMILES string of the molecule is N[C@](CO)(CC(=O)O)C(=O)O. The normalized spacial score (nSPS) is 15.5. The number of nitrogens with two attached hydrogens (primary N) is 1. The van der Waals surface area contributed by atoms with E-state index in [-0.39, 0.29) is 0 Å². The molecular formula is C5H9NO5. The maximum absolute atomic E-state index is 10.2. The smallest absolute Gasteiger partial charge is 0.326 e. The summed E-state index contributed by atoms with van der Waals surface area (Å²) in [5.74, 6) is -2.88. The Bertz CT molecular complexity index is 180. The molecule has 0 amide bonds. The number of aliphatic hydroxyl groups is 1. The van der Waals surface area contributed by atoms with Gasteiger partial charge in [0.1, 0.15) is 5.54 Å². The third-order valence-corrected chi connectivity index (χ3v) is 1.17. The summed E-state index contributed by atoms with van der Waals surface area (Å²) in [6.07, 6.45) is -0.793. The van der Waals surface area contributed by atoms with E-state index in [2.05, 4.69) is 0 Å². The second-order valence-electron chi connectivity index (χ2n) is 2.19. The fourth-order valence-corrected chi connectivity index (χ4v) is 0.469. The maximum atomic E-state index is 10.2. The Balaban J connectivity index is 4.34. The molecule has 0 heterocycles. The summed E-state index contributed by atoms with van der Waals surface area (Å²) in [7, 11) is 0. The van der Waals surface area contributed by atoms with Crippen LogP contribution in [0.4, 0.5) is 0 Å². The largest absolute Gasteiger partial charge is 0.481 e. The van der Waals surface area contributed by atoms with Crippen LogP contribution in [0.1, 0.15) is 6.42 Å². The van der Waals surface area contributed by atoms with E-state index in [4.69, 9.17) is 21.1 Å². The van der Waals surface area contributed by atoms with Crippen molar-refractivity contribution in [2.75, 3.05) is 6.61 Å². The zero-order valence-electron chi connectivity index (χ0n) is 5.65. The van der Waals surface area contributed by atoms with Gasteiger partial charge in [0, 0.05) is 0 Å². The zero-order chi connectivity index (χ0) is 9.07. The van der Waals surface area contributed by atoms with Crippen molar-refractivity contribution in [3.8, 4) is 0 Å². The third-order valence-electron chi connectivity index (χ3n) is 1.17. The molecule has 0 spiro atoms. The number of aliphatic hydroxyl groups excluding tert-OH is 1. The van der Waals surface area contributed by atoms with Gasteiger partial charge in [0.2, 0.25) is 0 Å². The number of carboxylic acid groups (broad SMARTS) is 2. The van der Waals surface area contributed by atoms with Gasteiger partial charge in [-0.15, -0.1) is 0 Å². The van der Waals surface area contributed by atoms with Gasteiger partial charge in [-0.3, -0.25) is 9.59 Å². The molecule has 0 aliphatic rings. The van der Waals surface area contributed by atoms with Crippen molar-refractivity contribution >= 4 is 11.9 Å². The fraction of sp³-hybridized carbons (Fsp3) is 0.600. The highest BCUT2D eigenvalue weighted by molar-refractivity contribution is 5.84. The Morgan fingerprint density at radius 1 is 1.36 bits per heavy atom. The van der Waals surface area contributed by atoms with E-state index in [1.807, 2.05) is 0 Å². The Labute approximate surface area is 62.2 Å². The van der Waals surface area contributed by atoms with Crippen LogP contribution >= 0.6 is 0 Å². The molecule has 6 heteroatoms. The van der Waals surface area contributed by atoms with Gasteiger partial charge in [-0.25, -0.2) is 0 Å². The van der Waals surface area contributed by atoms with Crippen LogP contribution in [-0.2, 0) is 9.59 Å². The molecule has 11 heavy (non-hydrogen) atoms.